The molecule has 1 heterocycles. The van der Waals surface area contributed by atoms with Crippen molar-refractivity contribution in [1.82, 2.24) is 0 Å². The highest BCUT2D eigenvalue weighted by molar-refractivity contribution is 6.74. The zero-order chi connectivity index (χ0) is 49.7. The quantitative estimate of drug-likeness (QED) is 0.0478. The summed E-state index contributed by atoms with van der Waals surface area (Å²) in [6, 6.07) is 60.1. The first-order valence-corrected chi connectivity index (χ1v) is 27.9. The summed E-state index contributed by atoms with van der Waals surface area (Å²) >= 11 is 0. The lowest BCUT2D eigenvalue weighted by Gasteiger charge is -2.47. The van der Waals surface area contributed by atoms with E-state index in [0.717, 1.165) is 33.4 Å². The van der Waals surface area contributed by atoms with Crippen molar-refractivity contribution in [3.63, 3.8) is 0 Å². The molecule has 7 rings (SSSR count). The van der Waals surface area contributed by atoms with Gasteiger partial charge in [0.2, 0.25) is 0 Å². The first-order chi connectivity index (χ1) is 34.5. The maximum Gasteiger partial charge on any atom is 0.191 e. The maximum atomic E-state index is 12.5. The lowest BCUT2D eigenvalue weighted by Crippen LogP contribution is -2.63. The lowest BCUT2D eigenvalue weighted by molar-refractivity contribution is -0.347. The predicted molar refractivity (Wildman–Crippen MR) is 280 cm³/mol. The molecule has 0 unspecified atom stereocenters. The zero-order valence-corrected chi connectivity index (χ0v) is 43.1. The Hall–Kier alpha value is -4.86. The largest absolute Gasteiger partial charge is 0.417 e. The van der Waals surface area contributed by atoms with Crippen LogP contribution in [-0.2, 0) is 82.0 Å². The molecule has 6 aromatic rings. The molecule has 8 atom stereocenters. The Morgan fingerprint density at radius 3 is 1.35 bits per heavy atom. The van der Waals surface area contributed by atoms with Gasteiger partial charge in [0.05, 0.1) is 59.0 Å². The fourth-order valence-corrected chi connectivity index (χ4v) is 9.23. The molecule has 0 spiro atoms. The third-order valence-corrected chi connectivity index (χ3v) is 17.8. The molecule has 1 aliphatic rings. The van der Waals surface area contributed by atoms with Gasteiger partial charge >= 0.3 is 0 Å². The van der Waals surface area contributed by atoms with Crippen molar-refractivity contribution in [2.45, 2.75) is 134 Å². The Labute approximate surface area is 423 Å². The van der Waals surface area contributed by atoms with E-state index in [1.165, 1.54) is 0 Å². The second kappa shape index (κ2) is 27.8. The van der Waals surface area contributed by atoms with E-state index in [1.54, 1.807) is 0 Å². The molecular weight excluding hydrogens is 909 g/mol. The second-order valence-corrected chi connectivity index (χ2v) is 24.5. The van der Waals surface area contributed by atoms with Gasteiger partial charge in [0.25, 0.3) is 0 Å². The fourth-order valence-electron chi connectivity index (χ4n) is 8.17. The van der Waals surface area contributed by atoms with Crippen molar-refractivity contribution in [3.05, 3.63) is 215 Å². The van der Waals surface area contributed by atoms with Crippen LogP contribution in [0.5, 0.6) is 0 Å². The number of aliphatic hydroxyl groups excluding tert-OH is 1. The summed E-state index contributed by atoms with van der Waals surface area (Å²) in [6.07, 6.45) is -6.55. The molecule has 11 heteroatoms. The number of hydrogen-bond donors (Lipinski definition) is 1. The van der Waals surface area contributed by atoms with E-state index in [1.807, 2.05) is 182 Å². The van der Waals surface area contributed by atoms with Gasteiger partial charge in [0, 0.05) is 6.61 Å². The van der Waals surface area contributed by atoms with Crippen molar-refractivity contribution in [1.29, 1.82) is 0 Å². The molecule has 0 aromatic heterocycles. The third kappa shape index (κ3) is 17.1. The molecular formula is C60H74O10Si. The molecule has 1 fully saturated rings. The van der Waals surface area contributed by atoms with Gasteiger partial charge in [-0.2, -0.15) is 0 Å². The maximum absolute atomic E-state index is 12.5. The highest BCUT2D eigenvalue weighted by Gasteiger charge is 2.51. The van der Waals surface area contributed by atoms with Crippen molar-refractivity contribution < 1.29 is 47.4 Å². The van der Waals surface area contributed by atoms with Crippen LogP contribution in [0, 0.1) is 0 Å². The Balaban J connectivity index is 1.27. The van der Waals surface area contributed by atoms with Crippen LogP contribution in [0.3, 0.4) is 0 Å². The van der Waals surface area contributed by atoms with Gasteiger partial charge in [-0.15, -0.1) is 0 Å². The van der Waals surface area contributed by atoms with Crippen molar-refractivity contribution in [2.75, 3.05) is 19.8 Å². The molecule has 1 aliphatic heterocycles. The van der Waals surface area contributed by atoms with E-state index < -0.39 is 57.3 Å². The van der Waals surface area contributed by atoms with Crippen LogP contribution in [0.15, 0.2) is 182 Å². The van der Waals surface area contributed by atoms with Gasteiger partial charge in [-0.25, -0.2) is 0 Å². The molecule has 0 saturated carbocycles. The summed E-state index contributed by atoms with van der Waals surface area (Å²) in [6.45, 7) is 13.4. The fraction of sp³-hybridized carbons (Fsp3) is 0.400. The predicted octanol–water partition coefficient (Wildman–Crippen LogP) is 11.6. The number of aliphatic hydroxyl groups is 1. The van der Waals surface area contributed by atoms with E-state index in [0.29, 0.717) is 26.2 Å². The molecule has 6 aromatic carbocycles. The van der Waals surface area contributed by atoms with E-state index in [9.17, 15) is 5.11 Å². The molecule has 0 radical (unpaired) electrons. The minimum Gasteiger partial charge on any atom is -0.417 e. The molecule has 378 valence electrons. The van der Waals surface area contributed by atoms with E-state index in [4.69, 9.17) is 42.3 Å². The van der Waals surface area contributed by atoms with Crippen LogP contribution in [0.25, 0.3) is 0 Å². The summed E-state index contributed by atoms with van der Waals surface area (Å²) in [5.41, 5.74) is 5.93. The Bertz CT molecular complexity index is 2340. The number of ether oxygens (including phenoxy) is 8. The van der Waals surface area contributed by atoms with E-state index >= 15 is 0 Å². The SMILES string of the molecule is CC(C)(C)[Si](C)(C)OCC[C@@H](OCc1ccccc1)[C@H](O[C@@H]1O[C@H](COCc2ccccc2)[C@H](OCc2ccccc2)[C@H](OCc2ccccc2)[C@H]1OCc1ccccc1)[C@H](O)COCc1ccccc1. The smallest absolute Gasteiger partial charge is 0.191 e. The van der Waals surface area contributed by atoms with E-state index in [2.05, 4.69) is 33.9 Å². The summed E-state index contributed by atoms with van der Waals surface area (Å²) in [4.78, 5) is 0. The van der Waals surface area contributed by atoms with Crippen LogP contribution in [0.1, 0.15) is 60.6 Å². The zero-order valence-electron chi connectivity index (χ0n) is 42.1. The Kier molecular flexibility index (Phi) is 21.1. The first kappa shape index (κ1) is 53.9. The summed E-state index contributed by atoms with van der Waals surface area (Å²) < 4.78 is 61.9. The Morgan fingerprint density at radius 1 is 0.507 bits per heavy atom. The molecule has 0 bridgehead atoms. The van der Waals surface area contributed by atoms with Crippen LogP contribution in [0.4, 0.5) is 0 Å². The molecule has 1 saturated heterocycles. The van der Waals surface area contributed by atoms with Crippen LogP contribution in [0.2, 0.25) is 18.1 Å². The van der Waals surface area contributed by atoms with E-state index in [-0.39, 0.29) is 44.7 Å². The topological polar surface area (TPSA) is 103 Å². The van der Waals surface area contributed by atoms with Crippen molar-refractivity contribution >= 4 is 8.32 Å². The average molecular weight is 983 g/mol. The second-order valence-electron chi connectivity index (χ2n) is 19.7. The van der Waals surface area contributed by atoms with Crippen LogP contribution in [-0.4, -0.2) is 82.3 Å². The van der Waals surface area contributed by atoms with Gasteiger partial charge in [-0.1, -0.05) is 203 Å². The van der Waals surface area contributed by atoms with Gasteiger partial charge in [-0.05, 0) is 57.9 Å². The molecule has 0 amide bonds. The normalized spacial score (nSPS) is 19.8. The minimum atomic E-state index is -2.18. The minimum absolute atomic E-state index is 0.0151. The molecule has 10 nitrogen and oxygen atoms in total. The molecule has 1 N–H and O–H groups in total. The first-order valence-electron chi connectivity index (χ1n) is 25.0. The highest BCUT2D eigenvalue weighted by Crippen LogP contribution is 2.37. The molecule has 71 heavy (non-hydrogen) atoms. The average Bonchev–Trinajstić information content (AvgIpc) is 3.39. The highest BCUT2D eigenvalue weighted by atomic mass is 28.4. The van der Waals surface area contributed by atoms with Gasteiger partial charge in [0.1, 0.15) is 36.6 Å². The number of rotatable bonds is 28. The Morgan fingerprint density at radius 2 is 0.901 bits per heavy atom. The number of hydrogen-bond acceptors (Lipinski definition) is 10. The lowest BCUT2D eigenvalue weighted by atomic mass is 9.97. The van der Waals surface area contributed by atoms with Gasteiger partial charge < -0.3 is 47.4 Å². The summed E-state index contributed by atoms with van der Waals surface area (Å²) in [5, 5.41) is 12.5. The standard InChI is InChI=1S/C60H74O10Si/c1-60(2,3)71(4,5)68-37-36-53(64-40-48-28-16-8-17-29-48)55(52(61)44-62-38-46-24-12-6-13-25-46)70-59-58(67-43-51-34-22-11-23-35-51)57(66-42-50-32-20-10-21-33-50)56(65-41-49-30-18-9-19-31-49)54(69-59)45-63-39-47-26-14-7-15-27-47/h6-35,52-59,61H,36-45H2,1-5H3/t52-,53-,54-,55-,56+,57+,58-,59+/m1/s1. The third-order valence-electron chi connectivity index (χ3n) is 13.3. The van der Waals surface area contributed by atoms with Gasteiger partial charge in [0.15, 0.2) is 14.6 Å². The van der Waals surface area contributed by atoms with Crippen LogP contribution >= 0.6 is 0 Å². The molecule has 0 aliphatic carbocycles. The monoisotopic (exact) mass is 983 g/mol. The van der Waals surface area contributed by atoms with Crippen molar-refractivity contribution in [2.24, 2.45) is 0 Å². The van der Waals surface area contributed by atoms with Gasteiger partial charge in [-0.3, -0.25) is 0 Å². The van der Waals surface area contributed by atoms with Crippen LogP contribution < -0.4 is 0 Å². The number of benzene rings is 6. The van der Waals surface area contributed by atoms with Crippen molar-refractivity contribution in [3.8, 4) is 0 Å². The summed E-state index contributed by atoms with van der Waals surface area (Å²) in [5.74, 6) is 0. The summed E-state index contributed by atoms with van der Waals surface area (Å²) in [7, 11) is -2.18.